The third-order valence-corrected chi connectivity index (χ3v) is 3.80. The third kappa shape index (κ3) is 4.23. The van der Waals surface area contributed by atoms with E-state index in [1.54, 1.807) is 18.2 Å². The van der Waals surface area contributed by atoms with Gasteiger partial charge in [-0.25, -0.2) is 0 Å². The van der Waals surface area contributed by atoms with Gasteiger partial charge >= 0.3 is 0 Å². The molecule has 0 aliphatic carbocycles. The molecule has 0 spiro atoms. The molecule has 4 nitrogen and oxygen atoms in total. The Balaban J connectivity index is 1.83. The van der Waals surface area contributed by atoms with Gasteiger partial charge in [0.1, 0.15) is 12.4 Å². The zero-order valence-corrected chi connectivity index (χ0v) is 13.3. The standard InChI is InChI=1S/C16H17BrN2O2/c1-11-4-2-5-12(10-11)21-9-8-19-16(20)13-6-3-7-14(18)15(13)17/h2-7,10H,8-9,18H2,1H3,(H,19,20). The minimum atomic E-state index is -0.179. The Morgan fingerprint density at radius 2 is 2.05 bits per heavy atom. The first-order chi connectivity index (χ1) is 10.1. The highest BCUT2D eigenvalue weighted by Gasteiger charge is 2.10. The summed E-state index contributed by atoms with van der Waals surface area (Å²) in [6.07, 6.45) is 0. The normalized spacial score (nSPS) is 10.2. The lowest BCUT2D eigenvalue weighted by atomic mass is 10.2. The van der Waals surface area contributed by atoms with E-state index in [-0.39, 0.29) is 5.91 Å². The van der Waals surface area contributed by atoms with E-state index in [1.165, 1.54) is 0 Å². The first-order valence-electron chi connectivity index (χ1n) is 6.59. The number of aryl methyl sites for hydroxylation is 1. The predicted molar refractivity (Wildman–Crippen MR) is 87.6 cm³/mol. The summed E-state index contributed by atoms with van der Waals surface area (Å²) >= 11 is 3.32. The van der Waals surface area contributed by atoms with Gasteiger partial charge in [0.05, 0.1) is 16.6 Å². The highest BCUT2D eigenvalue weighted by molar-refractivity contribution is 9.10. The summed E-state index contributed by atoms with van der Waals surface area (Å²) in [4.78, 5) is 12.0. The Morgan fingerprint density at radius 1 is 1.29 bits per heavy atom. The fraction of sp³-hybridized carbons (Fsp3) is 0.188. The van der Waals surface area contributed by atoms with Crippen LogP contribution in [0.1, 0.15) is 15.9 Å². The Kier molecular flexibility index (Phi) is 5.22. The van der Waals surface area contributed by atoms with Gasteiger partial charge in [-0.05, 0) is 52.7 Å². The molecular weight excluding hydrogens is 332 g/mol. The molecular formula is C16H17BrN2O2. The smallest absolute Gasteiger partial charge is 0.252 e. The van der Waals surface area contributed by atoms with Crippen molar-refractivity contribution < 1.29 is 9.53 Å². The minimum absolute atomic E-state index is 0.179. The molecule has 2 rings (SSSR count). The van der Waals surface area contributed by atoms with Crippen LogP contribution in [0.15, 0.2) is 46.9 Å². The first kappa shape index (κ1) is 15.4. The molecule has 5 heteroatoms. The SMILES string of the molecule is Cc1cccc(OCCNC(=O)c2cccc(N)c2Br)c1. The molecule has 110 valence electrons. The maximum Gasteiger partial charge on any atom is 0.252 e. The van der Waals surface area contributed by atoms with Crippen LogP contribution in [0.4, 0.5) is 5.69 Å². The average molecular weight is 349 g/mol. The average Bonchev–Trinajstić information content (AvgIpc) is 2.46. The van der Waals surface area contributed by atoms with E-state index in [4.69, 9.17) is 10.5 Å². The van der Waals surface area contributed by atoms with E-state index in [0.29, 0.717) is 28.9 Å². The van der Waals surface area contributed by atoms with Crippen LogP contribution >= 0.6 is 15.9 Å². The highest BCUT2D eigenvalue weighted by atomic mass is 79.9. The van der Waals surface area contributed by atoms with Crippen molar-refractivity contribution in [2.75, 3.05) is 18.9 Å². The van der Waals surface area contributed by atoms with Gasteiger partial charge in [-0.1, -0.05) is 18.2 Å². The van der Waals surface area contributed by atoms with Gasteiger partial charge < -0.3 is 15.8 Å². The molecule has 0 aromatic heterocycles. The Bertz CT molecular complexity index is 644. The highest BCUT2D eigenvalue weighted by Crippen LogP contribution is 2.23. The molecule has 0 aliphatic rings. The fourth-order valence-corrected chi connectivity index (χ4v) is 2.30. The molecule has 0 saturated heterocycles. The Hall–Kier alpha value is -2.01. The van der Waals surface area contributed by atoms with Gasteiger partial charge in [-0.2, -0.15) is 0 Å². The van der Waals surface area contributed by atoms with Crippen molar-refractivity contribution in [3.63, 3.8) is 0 Å². The Labute approximate surface area is 132 Å². The van der Waals surface area contributed by atoms with E-state index >= 15 is 0 Å². The van der Waals surface area contributed by atoms with E-state index in [9.17, 15) is 4.79 Å². The molecule has 0 aliphatic heterocycles. The maximum atomic E-state index is 12.0. The van der Waals surface area contributed by atoms with Crippen molar-refractivity contribution in [3.05, 3.63) is 58.1 Å². The van der Waals surface area contributed by atoms with Crippen LogP contribution in [-0.2, 0) is 0 Å². The largest absolute Gasteiger partial charge is 0.492 e. The van der Waals surface area contributed by atoms with Gasteiger partial charge in [-0.3, -0.25) is 4.79 Å². The number of amides is 1. The second kappa shape index (κ2) is 7.13. The molecule has 0 atom stereocenters. The van der Waals surface area contributed by atoms with Gasteiger partial charge in [0.15, 0.2) is 0 Å². The summed E-state index contributed by atoms with van der Waals surface area (Å²) in [5.41, 5.74) is 7.95. The number of anilines is 1. The Morgan fingerprint density at radius 3 is 2.81 bits per heavy atom. The van der Waals surface area contributed by atoms with E-state index in [1.807, 2.05) is 31.2 Å². The van der Waals surface area contributed by atoms with Crippen molar-refractivity contribution in [2.45, 2.75) is 6.92 Å². The third-order valence-electron chi connectivity index (χ3n) is 2.92. The summed E-state index contributed by atoms with van der Waals surface area (Å²) < 4.78 is 6.19. The van der Waals surface area contributed by atoms with Gasteiger partial charge in [0.25, 0.3) is 5.91 Å². The number of benzene rings is 2. The molecule has 0 fully saturated rings. The molecule has 3 N–H and O–H groups in total. The number of rotatable bonds is 5. The number of ether oxygens (including phenoxy) is 1. The maximum absolute atomic E-state index is 12.0. The molecule has 21 heavy (non-hydrogen) atoms. The summed E-state index contributed by atoms with van der Waals surface area (Å²) in [6.45, 7) is 2.84. The molecule has 2 aromatic rings. The quantitative estimate of drug-likeness (QED) is 0.644. The number of carbonyl (C=O) groups is 1. The van der Waals surface area contributed by atoms with Crippen LogP contribution in [0.3, 0.4) is 0 Å². The number of nitrogens with one attached hydrogen (secondary N) is 1. The molecule has 0 heterocycles. The van der Waals surface area contributed by atoms with E-state index in [2.05, 4.69) is 21.2 Å². The van der Waals surface area contributed by atoms with Crippen molar-refractivity contribution in [3.8, 4) is 5.75 Å². The molecule has 0 saturated carbocycles. The van der Waals surface area contributed by atoms with Crippen LogP contribution in [-0.4, -0.2) is 19.1 Å². The van der Waals surface area contributed by atoms with Crippen LogP contribution in [0, 0.1) is 6.92 Å². The van der Waals surface area contributed by atoms with Crippen molar-refractivity contribution in [1.29, 1.82) is 0 Å². The molecule has 0 unspecified atom stereocenters. The lowest BCUT2D eigenvalue weighted by Gasteiger charge is -2.10. The van der Waals surface area contributed by atoms with E-state index in [0.717, 1.165) is 11.3 Å². The van der Waals surface area contributed by atoms with Crippen LogP contribution in [0.2, 0.25) is 0 Å². The summed E-state index contributed by atoms with van der Waals surface area (Å²) in [6, 6.07) is 13.0. The van der Waals surface area contributed by atoms with Crippen molar-refractivity contribution >= 4 is 27.5 Å². The number of halogens is 1. The minimum Gasteiger partial charge on any atom is -0.492 e. The second-order valence-corrected chi connectivity index (χ2v) is 5.42. The summed E-state index contributed by atoms with van der Waals surface area (Å²) in [7, 11) is 0. The molecule has 1 amide bonds. The topological polar surface area (TPSA) is 64.3 Å². The van der Waals surface area contributed by atoms with Gasteiger partial charge in [0.2, 0.25) is 0 Å². The number of carbonyl (C=O) groups excluding carboxylic acids is 1. The zero-order valence-electron chi connectivity index (χ0n) is 11.7. The van der Waals surface area contributed by atoms with Crippen molar-refractivity contribution in [1.82, 2.24) is 5.32 Å². The summed E-state index contributed by atoms with van der Waals surface area (Å²) in [5.74, 6) is 0.622. The van der Waals surface area contributed by atoms with Crippen LogP contribution < -0.4 is 15.8 Å². The summed E-state index contributed by atoms with van der Waals surface area (Å²) in [5, 5.41) is 2.80. The molecule has 0 bridgehead atoms. The number of hydrogen-bond acceptors (Lipinski definition) is 3. The van der Waals surface area contributed by atoms with E-state index < -0.39 is 0 Å². The number of nitrogens with two attached hydrogens (primary N) is 1. The number of nitrogen functional groups attached to an aromatic ring is 1. The molecule has 2 aromatic carbocycles. The lowest BCUT2D eigenvalue weighted by Crippen LogP contribution is -2.28. The lowest BCUT2D eigenvalue weighted by molar-refractivity contribution is 0.0946. The van der Waals surface area contributed by atoms with Gasteiger partial charge in [-0.15, -0.1) is 0 Å². The molecule has 0 radical (unpaired) electrons. The van der Waals surface area contributed by atoms with Crippen LogP contribution in [0.25, 0.3) is 0 Å². The van der Waals surface area contributed by atoms with Gasteiger partial charge in [0, 0.05) is 5.69 Å². The first-order valence-corrected chi connectivity index (χ1v) is 7.39. The zero-order chi connectivity index (χ0) is 15.2. The second-order valence-electron chi connectivity index (χ2n) is 4.63. The number of hydrogen-bond donors (Lipinski definition) is 2. The van der Waals surface area contributed by atoms with Crippen molar-refractivity contribution in [2.24, 2.45) is 0 Å². The van der Waals surface area contributed by atoms with Crippen LogP contribution in [0.5, 0.6) is 5.75 Å². The predicted octanol–water partition coefficient (Wildman–Crippen LogP) is 3.15. The fourth-order valence-electron chi connectivity index (χ4n) is 1.86. The monoisotopic (exact) mass is 348 g/mol.